The van der Waals surface area contributed by atoms with Gasteiger partial charge in [0.15, 0.2) is 11.5 Å². The number of nitrogens with zero attached hydrogens (tertiary/aromatic N) is 2. The van der Waals surface area contributed by atoms with Gasteiger partial charge < -0.3 is 33.9 Å². The van der Waals surface area contributed by atoms with E-state index in [1.54, 1.807) is 4.90 Å². The summed E-state index contributed by atoms with van der Waals surface area (Å²) >= 11 is 0. The fraction of sp³-hybridized carbons (Fsp3) is 0.480. The average molecular weight is 455 g/mol. The molecule has 0 saturated carbocycles. The topological polar surface area (TPSA) is 80.7 Å². The molecule has 0 bridgehead atoms. The monoisotopic (exact) mass is 454 g/mol. The molecule has 3 aliphatic heterocycles. The molecule has 0 aromatic heterocycles. The number of piperidine rings is 1. The first-order valence-electron chi connectivity index (χ1n) is 11.6. The van der Waals surface area contributed by atoms with Gasteiger partial charge in [0.2, 0.25) is 13.2 Å². The molecule has 3 heterocycles. The molecule has 0 spiro atoms. The Labute approximate surface area is 193 Å². The van der Waals surface area contributed by atoms with Crippen molar-refractivity contribution < 1.29 is 28.8 Å². The maximum atomic E-state index is 11.2. The van der Waals surface area contributed by atoms with Gasteiger partial charge in [0.05, 0.1) is 12.3 Å². The summed E-state index contributed by atoms with van der Waals surface area (Å²) < 4.78 is 22.6. The number of benzene rings is 2. The van der Waals surface area contributed by atoms with Crippen LogP contribution < -0.4 is 23.8 Å². The molecule has 0 aliphatic carbocycles. The van der Waals surface area contributed by atoms with E-state index >= 15 is 0 Å². The SMILES string of the molecule is O=CN1CCc2c(OCC(O)CN3CCC(COc4ccc5c(c4)OCO5)CC3)cccc21. The van der Waals surface area contributed by atoms with E-state index in [1.807, 2.05) is 36.4 Å². The fourth-order valence-corrected chi connectivity index (χ4v) is 4.72. The summed E-state index contributed by atoms with van der Waals surface area (Å²) in [6.45, 7) is 4.31. The van der Waals surface area contributed by atoms with E-state index in [0.29, 0.717) is 25.6 Å². The lowest BCUT2D eigenvalue weighted by Crippen LogP contribution is -2.41. The largest absolute Gasteiger partial charge is 0.493 e. The summed E-state index contributed by atoms with van der Waals surface area (Å²) in [5.74, 6) is 3.55. The van der Waals surface area contributed by atoms with E-state index in [1.165, 1.54) is 0 Å². The van der Waals surface area contributed by atoms with Crippen molar-refractivity contribution in [3.63, 3.8) is 0 Å². The zero-order valence-corrected chi connectivity index (χ0v) is 18.7. The first-order valence-corrected chi connectivity index (χ1v) is 11.6. The molecule has 1 N–H and O–H groups in total. The number of carbonyl (C=O) groups excluding carboxylic acids is 1. The molecular formula is C25H30N2O6. The lowest BCUT2D eigenvalue weighted by molar-refractivity contribution is -0.107. The predicted octanol–water partition coefficient (Wildman–Crippen LogP) is 2.46. The minimum atomic E-state index is -0.564. The molecular weight excluding hydrogens is 424 g/mol. The lowest BCUT2D eigenvalue weighted by Gasteiger charge is -2.33. The van der Waals surface area contributed by atoms with Crippen molar-refractivity contribution in [1.82, 2.24) is 4.90 Å². The fourth-order valence-electron chi connectivity index (χ4n) is 4.72. The van der Waals surface area contributed by atoms with E-state index in [0.717, 1.165) is 73.0 Å². The standard InChI is InChI=1S/C25H30N2O6/c28-16-27-11-8-21-22(27)2-1-3-23(21)31-15-19(29)13-26-9-6-18(7-10-26)14-30-20-4-5-24-25(12-20)33-17-32-24/h1-5,12,16,18-19,29H,6-11,13-15,17H2. The first kappa shape index (κ1) is 21.9. The van der Waals surface area contributed by atoms with Crippen LogP contribution in [0.1, 0.15) is 18.4 Å². The smallest absolute Gasteiger partial charge is 0.231 e. The normalized spacial score (nSPS) is 18.8. The van der Waals surface area contributed by atoms with Gasteiger partial charge in [0.1, 0.15) is 24.2 Å². The zero-order chi connectivity index (χ0) is 22.6. The van der Waals surface area contributed by atoms with Crippen LogP contribution in [0, 0.1) is 5.92 Å². The molecule has 2 aromatic rings. The molecule has 8 heteroatoms. The van der Waals surface area contributed by atoms with E-state index in [-0.39, 0.29) is 13.4 Å². The molecule has 1 fully saturated rings. The highest BCUT2D eigenvalue weighted by Crippen LogP contribution is 2.36. The van der Waals surface area contributed by atoms with Crippen LogP contribution in [0.2, 0.25) is 0 Å². The summed E-state index contributed by atoms with van der Waals surface area (Å²) in [6.07, 6.45) is 3.14. The summed E-state index contributed by atoms with van der Waals surface area (Å²) in [7, 11) is 0. The molecule has 1 saturated heterocycles. The van der Waals surface area contributed by atoms with Gasteiger partial charge in [0, 0.05) is 24.7 Å². The summed E-state index contributed by atoms with van der Waals surface area (Å²) in [4.78, 5) is 15.1. The third kappa shape index (κ3) is 5.02. The van der Waals surface area contributed by atoms with Crippen LogP contribution >= 0.6 is 0 Å². The van der Waals surface area contributed by atoms with E-state index in [2.05, 4.69) is 4.90 Å². The molecule has 5 rings (SSSR count). The number of anilines is 1. The van der Waals surface area contributed by atoms with Crippen LogP contribution in [-0.4, -0.2) is 68.7 Å². The van der Waals surface area contributed by atoms with E-state index < -0.39 is 6.10 Å². The van der Waals surface area contributed by atoms with E-state index in [9.17, 15) is 9.90 Å². The van der Waals surface area contributed by atoms with Gasteiger partial charge in [0.25, 0.3) is 0 Å². The molecule has 33 heavy (non-hydrogen) atoms. The van der Waals surface area contributed by atoms with Crippen LogP contribution in [-0.2, 0) is 11.2 Å². The second kappa shape index (κ2) is 9.89. The minimum Gasteiger partial charge on any atom is -0.493 e. The summed E-state index contributed by atoms with van der Waals surface area (Å²) in [6, 6.07) is 11.4. The van der Waals surface area contributed by atoms with Crippen LogP contribution in [0.15, 0.2) is 36.4 Å². The Morgan fingerprint density at radius 1 is 1.09 bits per heavy atom. The second-order valence-electron chi connectivity index (χ2n) is 8.84. The number of hydrogen-bond acceptors (Lipinski definition) is 7. The number of aliphatic hydroxyl groups is 1. The quantitative estimate of drug-likeness (QED) is 0.583. The van der Waals surface area contributed by atoms with Crippen LogP contribution in [0.5, 0.6) is 23.0 Å². The Morgan fingerprint density at radius 2 is 1.94 bits per heavy atom. The maximum absolute atomic E-state index is 11.2. The number of amides is 1. The Morgan fingerprint density at radius 3 is 2.79 bits per heavy atom. The molecule has 3 aliphatic rings. The summed E-state index contributed by atoms with van der Waals surface area (Å²) in [5.41, 5.74) is 1.95. The third-order valence-corrected chi connectivity index (χ3v) is 6.58. The van der Waals surface area contributed by atoms with Crippen molar-refractivity contribution in [2.45, 2.75) is 25.4 Å². The minimum absolute atomic E-state index is 0.241. The molecule has 176 valence electrons. The zero-order valence-electron chi connectivity index (χ0n) is 18.7. The van der Waals surface area contributed by atoms with Crippen molar-refractivity contribution in [1.29, 1.82) is 0 Å². The Kier molecular flexibility index (Phi) is 6.55. The van der Waals surface area contributed by atoms with Crippen molar-refractivity contribution in [2.24, 2.45) is 5.92 Å². The van der Waals surface area contributed by atoms with Crippen molar-refractivity contribution in [3.05, 3.63) is 42.0 Å². The molecule has 8 nitrogen and oxygen atoms in total. The molecule has 1 amide bonds. The lowest BCUT2D eigenvalue weighted by atomic mass is 9.97. The Balaban J connectivity index is 1.03. The number of carbonyl (C=O) groups is 1. The summed E-state index contributed by atoms with van der Waals surface area (Å²) in [5, 5.41) is 10.5. The van der Waals surface area contributed by atoms with Crippen molar-refractivity contribution in [3.8, 4) is 23.0 Å². The Bertz CT molecular complexity index is 975. The number of β-amino-alcohol motifs (C(OH)–C–C–N with tert-alkyl or cyclic N) is 1. The van der Waals surface area contributed by atoms with Gasteiger partial charge in [-0.2, -0.15) is 0 Å². The number of rotatable bonds is 9. The second-order valence-corrected chi connectivity index (χ2v) is 8.84. The van der Waals surface area contributed by atoms with E-state index in [4.69, 9.17) is 18.9 Å². The van der Waals surface area contributed by atoms with Gasteiger partial charge in [-0.3, -0.25) is 4.79 Å². The van der Waals surface area contributed by atoms with Gasteiger partial charge in [-0.1, -0.05) is 6.07 Å². The number of ether oxygens (including phenoxy) is 4. The molecule has 1 unspecified atom stereocenters. The van der Waals surface area contributed by atoms with Crippen LogP contribution in [0.4, 0.5) is 5.69 Å². The number of likely N-dealkylation sites (tertiary alicyclic amines) is 1. The third-order valence-electron chi connectivity index (χ3n) is 6.58. The van der Waals surface area contributed by atoms with Gasteiger partial charge in [-0.05, 0) is 62.5 Å². The Hall–Kier alpha value is -2.97. The predicted molar refractivity (Wildman–Crippen MR) is 122 cm³/mol. The highest BCUT2D eigenvalue weighted by Gasteiger charge is 2.24. The van der Waals surface area contributed by atoms with Gasteiger partial charge >= 0.3 is 0 Å². The molecule has 1 atom stereocenters. The van der Waals surface area contributed by atoms with Crippen LogP contribution in [0.3, 0.4) is 0 Å². The van der Waals surface area contributed by atoms with Crippen LogP contribution in [0.25, 0.3) is 0 Å². The molecule has 0 radical (unpaired) electrons. The molecule has 2 aromatic carbocycles. The highest BCUT2D eigenvalue weighted by atomic mass is 16.7. The first-order chi connectivity index (χ1) is 16.2. The van der Waals surface area contributed by atoms with Crippen molar-refractivity contribution >= 4 is 12.1 Å². The average Bonchev–Trinajstić information content (AvgIpc) is 3.49. The number of hydrogen-bond donors (Lipinski definition) is 1. The number of fused-ring (bicyclic) bond motifs is 2. The van der Waals surface area contributed by atoms with Gasteiger partial charge in [-0.25, -0.2) is 0 Å². The maximum Gasteiger partial charge on any atom is 0.231 e. The van der Waals surface area contributed by atoms with Gasteiger partial charge in [-0.15, -0.1) is 0 Å². The highest BCUT2D eigenvalue weighted by molar-refractivity contribution is 5.81. The van der Waals surface area contributed by atoms with Crippen molar-refractivity contribution in [2.75, 3.05) is 51.1 Å². The number of aliphatic hydroxyl groups excluding tert-OH is 1.